The number of rotatable bonds is 3. The van der Waals surface area contributed by atoms with E-state index in [0.717, 1.165) is 5.92 Å². The van der Waals surface area contributed by atoms with Crippen molar-refractivity contribution in [2.45, 2.75) is 12.8 Å². The highest BCUT2D eigenvalue weighted by molar-refractivity contribution is 9.10. The molecule has 1 aromatic rings. The molecule has 14 heavy (non-hydrogen) atoms. The van der Waals surface area contributed by atoms with Gasteiger partial charge in [-0.25, -0.2) is 0 Å². The predicted octanol–water partition coefficient (Wildman–Crippen LogP) is 3.20. The van der Waals surface area contributed by atoms with Crippen LogP contribution in [0, 0.1) is 5.92 Å². The molecule has 1 nitrogen and oxygen atoms in total. The second-order valence-electron chi connectivity index (χ2n) is 3.65. The third-order valence-corrected chi connectivity index (χ3v) is 3.23. The van der Waals surface area contributed by atoms with Crippen molar-refractivity contribution in [1.29, 1.82) is 0 Å². The lowest BCUT2D eigenvalue weighted by molar-refractivity contribution is 1.12. The monoisotopic (exact) mass is 251 g/mol. The Kier molecular flexibility index (Phi) is 3.04. The molecule has 74 valence electrons. The molecule has 1 aromatic carbocycles. The van der Waals surface area contributed by atoms with E-state index in [4.69, 9.17) is 5.73 Å². The molecule has 2 heteroatoms. The summed E-state index contributed by atoms with van der Waals surface area (Å²) in [5, 5.41) is 0. The Bertz CT molecular complexity index is 353. The maximum atomic E-state index is 5.59. The van der Waals surface area contributed by atoms with Crippen LogP contribution in [0.5, 0.6) is 0 Å². The van der Waals surface area contributed by atoms with Crippen molar-refractivity contribution in [2.24, 2.45) is 11.7 Å². The van der Waals surface area contributed by atoms with Gasteiger partial charge in [0.1, 0.15) is 0 Å². The van der Waals surface area contributed by atoms with Crippen molar-refractivity contribution < 1.29 is 0 Å². The SMILES string of the molecule is NC/C=C(\c1ccccc1Br)C1CC1. The average Bonchev–Trinajstić information content (AvgIpc) is 2.99. The van der Waals surface area contributed by atoms with Gasteiger partial charge in [0.25, 0.3) is 0 Å². The number of hydrogen-bond acceptors (Lipinski definition) is 1. The molecule has 2 N–H and O–H groups in total. The van der Waals surface area contributed by atoms with E-state index in [0.29, 0.717) is 6.54 Å². The zero-order valence-electron chi connectivity index (χ0n) is 8.04. The van der Waals surface area contributed by atoms with Crippen LogP contribution in [0.1, 0.15) is 18.4 Å². The Morgan fingerprint density at radius 2 is 2.14 bits per heavy atom. The second kappa shape index (κ2) is 4.28. The van der Waals surface area contributed by atoms with Crippen LogP contribution in [0.4, 0.5) is 0 Å². The molecule has 1 aliphatic carbocycles. The number of nitrogens with two attached hydrogens (primary N) is 1. The van der Waals surface area contributed by atoms with Gasteiger partial charge < -0.3 is 5.73 Å². The van der Waals surface area contributed by atoms with Gasteiger partial charge in [0, 0.05) is 11.0 Å². The van der Waals surface area contributed by atoms with Crippen molar-refractivity contribution in [2.75, 3.05) is 6.54 Å². The zero-order chi connectivity index (χ0) is 9.97. The van der Waals surface area contributed by atoms with Gasteiger partial charge in [-0.2, -0.15) is 0 Å². The smallest absolute Gasteiger partial charge is 0.0250 e. The molecule has 0 bridgehead atoms. The summed E-state index contributed by atoms with van der Waals surface area (Å²) < 4.78 is 1.17. The third-order valence-electron chi connectivity index (χ3n) is 2.54. The summed E-state index contributed by atoms with van der Waals surface area (Å²) >= 11 is 3.58. The minimum atomic E-state index is 0.632. The summed E-state index contributed by atoms with van der Waals surface area (Å²) in [7, 11) is 0. The number of halogens is 1. The van der Waals surface area contributed by atoms with Crippen molar-refractivity contribution in [3.05, 3.63) is 40.4 Å². The van der Waals surface area contributed by atoms with E-state index in [2.05, 4.69) is 40.2 Å². The average molecular weight is 252 g/mol. The minimum absolute atomic E-state index is 0.632. The lowest BCUT2D eigenvalue weighted by Crippen LogP contribution is -1.97. The Labute approximate surface area is 93.1 Å². The van der Waals surface area contributed by atoms with Crippen LogP contribution in [0.15, 0.2) is 34.8 Å². The fourth-order valence-electron chi connectivity index (χ4n) is 1.71. The Balaban J connectivity index is 2.35. The lowest BCUT2D eigenvalue weighted by Gasteiger charge is -2.08. The first kappa shape index (κ1) is 9.94. The molecule has 1 fully saturated rings. The first-order valence-electron chi connectivity index (χ1n) is 4.98. The van der Waals surface area contributed by atoms with Gasteiger partial charge in [-0.1, -0.05) is 40.2 Å². The standard InChI is InChI=1S/C12H14BrN/c13-12-4-2-1-3-11(12)10(7-8-14)9-5-6-9/h1-4,7,9H,5-6,8,14H2/b10-7-. The molecule has 0 aromatic heterocycles. The van der Waals surface area contributed by atoms with Gasteiger partial charge >= 0.3 is 0 Å². The highest BCUT2D eigenvalue weighted by Gasteiger charge is 2.27. The van der Waals surface area contributed by atoms with Crippen molar-refractivity contribution in [3.8, 4) is 0 Å². The fourth-order valence-corrected chi connectivity index (χ4v) is 2.23. The molecule has 0 saturated heterocycles. The van der Waals surface area contributed by atoms with Gasteiger partial charge in [-0.3, -0.25) is 0 Å². The van der Waals surface area contributed by atoms with E-state index in [1.807, 2.05) is 6.07 Å². The lowest BCUT2D eigenvalue weighted by atomic mass is 10.0. The molecular weight excluding hydrogens is 238 g/mol. The summed E-state index contributed by atoms with van der Waals surface area (Å²) in [6, 6.07) is 8.36. The van der Waals surface area contributed by atoms with Crippen LogP contribution < -0.4 is 5.73 Å². The largest absolute Gasteiger partial charge is 0.327 e. The van der Waals surface area contributed by atoms with Crippen LogP contribution in [-0.4, -0.2) is 6.54 Å². The van der Waals surface area contributed by atoms with Crippen LogP contribution in [0.3, 0.4) is 0 Å². The van der Waals surface area contributed by atoms with E-state index in [-0.39, 0.29) is 0 Å². The van der Waals surface area contributed by atoms with Crippen LogP contribution in [-0.2, 0) is 0 Å². The maximum Gasteiger partial charge on any atom is 0.0250 e. The summed E-state index contributed by atoms with van der Waals surface area (Å²) in [5.74, 6) is 0.747. The van der Waals surface area contributed by atoms with Crippen molar-refractivity contribution in [3.63, 3.8) is 0 Å². The molecule has 0 aliphatic heterocycles. The number of benzene rings is 1. The Morgan fingerprint density at radius 1 is 1.43 bits per heavy atom. The highest BCUT2D eigenvalue weighted by atomic mass is 79.9. The molecular formula is C12H14BrN. The summed E-state index contributed by atoms with van der Waals surface area (Å²) in [5.41, 5.74) is 8.31. The molecule has 0 atom stereocenters. The quantitative estimate of drug-likeness (QED) is 0.878. The maximum absolute atomic E-state index is 5.59. The van der Waals surface area contributed by atoms with E-state index < -0.39 is 0 Å². The van der Waals surface area contributed by atoms with Gasteiger partial charge in [-0.05, 0) is 36.0 Å². The summed E-state index contributed by atoms with van der Waals surface area (Å²) in [6.07, 6.45) is 4.78. The molecule has 0 amide bonds. The van der Waals surface area contributed by atoms with E-state index in [1.165, 1.54) is 28.5 Å². The first-order chi connectivity index (χ1) is 6.83. The molecule has 0 heterocycles. The number of hydrogen-bond donors (Lipinski definition) is 1. The molecule has 2 rings (SSSR count). The third kappa shape index (κ3) is 2.07. The van der Waals surface area contributed by atoms with E-state index in [1.54, 1.807) is 0 Å². The summed E-state index contributed by atoms with van der Waals surface area (Å²) in [6.45, 7) is 0.632. The fraction of sp³-hybridized carbons (Fsp3) is 0.333. The predicted molar refractivity (Wildman–Crippen MR) is 63.9 cm³/mol. The highest BCUT2D eigenvalue weighted by Crippen LogP contribution is 2.43. The second-order valence-corrected chi connectivity index (χ2v) is 4.50. The summed E-state index contributed by atoms with van der Waals surface area (Å²) in [4.78, 5) is 0. The molecule has 0 unspecified atom stereocenters. The minimum Gasteiger partial charge on any atom is -0.327 e. The van der Waals surface area contributed by atoms with E-state index >= 15 is 0 Å². The van der Waals surface area contributed by atoms with Crippen molar-refractivity contribution in [1.82, 2.24) is 0 Å². The molecule has 0 spiro atoms. The zero-order valence-corrected chi connectivity index (χ0v) is 9.63. The topological polar surface area (TPSA) is 26.0 Å². The number of allylic oxidation sites excluding steroid dienone is 1. The Hall–Kier alpha value is -0.600. The Morgan fingerprint density at radius 3 is 2.71 bits per heavy atom. The van der Waals surface area contributed by atoms with Crippen LogP contribution >= 0.6 is 15.9 Å². The van der Waals surface area contributed by atoms with Crippen LogP contribution in [0.25, 0.3) is 5.57 Å². The molecule has 0 radical (unpaired) electrons. The van der Waals surface area contributed by atoms with Crippen molar-refractivity contribution >= 4 is 21.5 Å². The van der Waals surface area contributed by atoms with Crippen LogP contribution in [0.2, 0.25) is 0 Å². The normalized spacial score (nSPS) is 17.1. The van der Waals surface area contributed by atoms with E-state index in [9.17, 15) is 0 Å². The molecule has 1 saturated carbocycles. The first-order valence-corrected chi connectivity index (χ1v) is 5.77. The van der Waals surface area contributed by atoms with Gasteiger partial charge in [-0.15, -0.1) is 0 Å². The van der Waals surface area contributed by atoms with Gasteiger partial charge in [0.05, 0.1) is 0 Å². The molecule has 1 aliphatic rings. The van der Waals surface area contributed by atoms with Gasteiger partial charge in [0.15, 0.2) is 0 Å². The van der Waals surface area contributed by atoms with Gasteiger partial charge in [0.2, 0.25) is 0 Å².